The fourth-order valence-electron chi connectivity index (χ4n) is 3.22. The third kappa shape index (κ3) is 4.92. The van der Waals surface area contributed by atoms with E-state index in [1.165, 1.54) is 18.7 Å². The van der Waals surface area contributed by atoms with Gasteiger partial charge in [-0.25, -0.2) is 0 Å². The fraction of sp³-hybridized carbons (Fsp3) is 0.579. The predicted molar refractivity (Wildman–Crippen MR) is 102 cm³/mol. The summed E-state index contributed by atoms with van der Waals surface area (Å²) in [5.74, 6) is 2.18. The van der Waals surface area contributed by atoms with Crippen LogP contribution < -0.4 is 9.47 Å². The molecule has 2 atom stereocenters. The minimum Gasteiger partial charge on any atom is -0.486 e. The average molecular weight is 378 g/mol. The summed E-state index contributed by atoms with van der Waals surface area (Å²) in [7, 11) is 0. The Morgan fingerprint density at radius 2 is 1.88 bits per heavy atom. The van der Waals surface area contributed by atoms with Crippen LogP contribution in [0.5, 0.6) is 11.5 Å². The first-order valence-corrected chi connectivity index (χ1v) is 10.0. The highest BCUT2D eigenvalue weighted by Crippen LogP contribution is 2.31. The smallest absolute Gasteiger partial charge is 0.226 e. The Morgan fingerprint density at radius 3 is 2.58 bits per heavy atom. The van der Waals surface area contributed by atoms with Gasteiger partial charge in [-0.1, -0.05) is 30.8 Å². The Balaban J connectivity index is 1.43. The molecular formula is C19H26N2O4S. The van der Waals surface area contributed by atoms with E-state index >= 15 is 0 Å². The molecule has 2 heterocycles. The molecule has 2 aliphatic rings. The van der Waals surface area contributed by atoms with Gasteiger partial charge < -0.3 is 14.4 Å². The number of carbonyl (C=O) groups excluding carboxylic acids is 2. The molecule has 6 nitrogen and oxygen atoms in total. The van der Waals surface area contributed by atoms with Gasteiger partial charge in [0, 0.05) is 51.3 Å². The number of thioether (sulfide) groups is 1. The van der Waals surface area contributed by atoms with E-state index in [1.54, 1.807) is 0 Å². The zero-order chi connectivity index (χ0) is 18.5. The van der Waals surface area contributed by atoms with Crippen LogP contribution in [0.1, 0.15) is 13.8 Å². The number of carbonyl (C=O) groups is 2. The highest BCUT2D eigenvalue weighted by Gasteiger charge is 2.28. The van der Waals surface area contributed by atoms with Crippen molar-refractivity contribution < 1.29 is 19.1 Å². The maximum Gasteiger partial charge on any atom is 0.226 e. The van der Waals surface area contributed by atoms with Gasteiger partial charge in [0.05, 0.1) is 0 Å². The lowest BCUT2D eigenvalue weighted by Crippen LogP contribution is -2.53. The molecule has 0 bridgehead atoms. The zero-order valence-electron chi connectivity index (χ0n) is 15.3. The Labute approximate surface area is 158 Å². The molecule has 1 amide bonds. The largest absolute Gasteiger partial charge is 0.486 e. The number of hydrogen-bond donors (Lipinski definition) is 0. The van der Waals surface area contributed by atoms with E-state index in [0.717, 1.165) is 44.2 Å². The first-order chi connectivity index (χ1) is 12.5. The number of fused-ring (bicyclic) bond motifs is 1. The molecule has 0 aliphatic carbocycles. The van der Waals surface area contributed by atoms with Crippen molar-refractivity contribution >= 4 is 22.8 Å². The van der Waals surface area contributed by atoms with Crippen molar-refractivity contribution in [2.24, 2.45) is 5.92 Å². The monoisotopic (exact) mass is 378 g/mol. The van der Waals surface area contributed by atoms with E-state index in [2.05, 4.69) is 4.90 Å². The van der Waals surface area contributed by atoms with Gasteiger partial charge in [0.15, 0.2) is 16.6 Å². The number of hydrogen-bond acceptors (Lipinski definition) is 6. The maximum atomic E-state index is 12.5. The summed E-state index contributed by atoms with van der Waals surface area (Å²) in [5, 5.41) is 0.0609. The Kier molecular flexibility index (Phi) is 6.43. The van der Waals surface area contributed by atoms with E-state index in [1.807, 2.05) is 36.1 Å². The van der Waals surface area contributed by atoms with Crippen LogP contribution in [-0.2, 0) is 9.59 Å². The molecule has 1 aromatic rings. The van der Waals surface area contributed by atoms with E-state index in [0.29, 0.717) is 12.4 Å². The molecule has 0 spiro atoms. The summed E-state index contributed by atoms with van der Waals surface area (Å²) >= 11 is 1.22. The summed E-state index contributed by atoms with van der Waals surface area (Å²) in [6.45, 7) is 7.89. The molecular weight excluding hydrogens is 352 g/mol. The van der Waals surface area contributed by atoms with Crippen LogP contribution in [-0.4, -0.2) is 72.0 Å². The fourth-order valence-corrected chi connectivity index (χ4v) is 3.84. The van der Waals surface area contributed by atoms with Crippen molar-refractivity contribution in [3.8, 4) is 11.5 Å². The van der Waals surface area contributed by atoms with Crippen LogP contribution in [0.15, 0.2) is 24.3 Å². The maximum absolute atomic E-state index is 12.5. The summed E-state index contributed by atoms with van der Waals surface area (Å²) in [6.07, 6.45) is 0.0121. The molecule has 2 unspecified atom stereocenters. The van der Waals surface area contributed by atoms with Crippen molar-refractivity contribution in [1.82, 2.24) is 9.80 Å². The summed E-state index contributed by atoms with van der Waals surface area (Å²) in [4.78, 5) is 27.8. The number of amides is 1. The number of para-hydroxylation sites is 2. The summed E-state index contributed by atoms with van der Waals surface area (Å²) in [6, 6.07) is 7.73. The number of benzene rings is 1. The summed E-state index contributed by atoms with van der Waals surface area (Å²) in [5.41, 5.74) is 0. The average Bonchev–Trinajstić information content (AvgIpc) is 2.66. The minimum atomic E-state index is -0.123. The number of piperazine rings is 1. The molecule has 1 fully saturated rings. The standard InChI is InChI=1S/C19H26N2O4S/c1-14(13-26-15(2)22)19(23)21-9-7-20(8-10-21)11-16-12-24-17-5-3-4-6-18(17)25-16/h3-6,14,16H,7-13H2,1-2H3. The molecule has 142 valence electrons. The Morgan fingerprint density at radius 1 is 1.19 bits per heavy atom. The molecule has 7 heteroatoms. The van der Waals surface area contributed by atoms with Crippen LogP contribution in [0.2, 0.25) is 0 Å². The van der Waals surface area contributed by atoms with Crippen molar-refractivity contribution in [2.75, 3.05) is 45.1 Å². The molecule has 26 heavy (non-hydrogen) atoms. The second-order valence-electron chi connectivity index (χ2n) is 6.83. The molecule has 0 radical (unpaired) electrons. The molecule has 0 saturated carbocycles. The van der Waals surface area contributed by atoms with Crippen molar-refractivity contribution in [2.45, 2.75) is 20.0 Å². The highest BCUT2D eigenvalue weighted by atomic mass is 32.2. The van der Waals surface area contributed by atoms with Gasteiger partial charge in [-0.3, -0.25) is 14.5 Å². The normalized spacial score (nSPS) is 21.3. The Hall–Kier alpha value is -1.73. The molecule has 2 aliphatic heterocycles. The van der Waals surface area contributed by atoms with E-state index in [-0.39, 0.29) is 23.0 Å². The van der Waals surface area contributed by atoms with Crippen LogP contribution in [0.4, 0.5) is 0 Å². The topological polar surface area (TPSA) is 59.1 Å². The van der Waals surface area contributed by atoms with Crippen molar-refractivity contribution in [3.63, 3.8) is 0 Å². The van der Waals surface area contributed by atoms with Crippen molar-refractivity contribution in [3.05, 3.63) is 24.3 Å². The molecule has 1 saturated heterocycles. The van der Waals surface area contributed by atoms with Gasteiger partial charge in [0.2, 0.25) is 5.91 Å². The zero-order valence-corrected chi connectivity index (χ0v) is 16.2. The van der Waals surface area contributed by atoms with Crippen LogP contribution in [0.25, 0.3) is 0 Å². The quantitative estimate of drug-likeness (QED) is 0.780. The van der Waals surface area contributed by atoms with Gasteiger partial charge >= 0.3 is 0 Å². The third-order valence-electron chi connectivity index (χ3n) is 4.67. The van der Waals surface area contributed by atoms with Crippen molar-refractivity contribution in [1.29, 1.82) is 0 Å². The first kappa shape index (κ1) is 19.0. The molecule has 0 N–H and O–H groups in total. The molecule has 1 aromatic carbocycles. The second-order valence-corrected chi connectivity index (χ2v) is 8.02. The van der Waals surface area contributed by atoms with E-state index in [4.69, 9.17) is 9.47 Å². The van der Waals surface area contributed by atoms with Gasteiger partial charge in [-0.05, 0) is 12.1 Å². The van der Waals surface area contributed by atoms with Gasteiger partial charge in [0.1, 0.15) is 12.7 Å². The third-order valence-corrected chi connectivity index (χ3v) is 5.74. The molecule has 3 rings (SSSR count). The second kappa shape index (κ2) is 8.77. The SMILES string of the molecule is CC(=O)SCC(C)C(=O)N1CCN(CC2COc3ccccc3O2)CC1. The van der Waals surface area contributed by atoms with Gasteiger partial charge in [-0.2, -0.15) is 0 Å². The number of rotatable bonds is 5. The lowest BCUT2D eigenvalue weighted by molar-refractivity contribution is -0.136. The van der Waals surface area contributed by atoms with E-state index < -0.39 is 0 Å². The lowest BCUT2D eigenvalue weighted by atomic mass is 10.1. The number of ether oxygens (including phenoxy) is 2. The number of nitrogens with zero attached hydrogens (tertiary/aromatic N) is 2. The highest BCUT2D eigenvalue weighted by molar-refractivity contribution is 8.13. The van der Waals surface area contributed by atoms with Gasteiger partial charge in [0.25, 0.3) is 0 Å². The van der Waals surface area contributed by atoms with Gasteiger partial charge in [-0.15, -0.1) is 0 Å². The molecule has 0 aromatic heterocycles. The first-order valence-electron chi connectivity index (χ1n) is 9.06. The van der Waals surface area contributed by atoms with Crippen LogP contribution in [0, 0.1) is 5.92 Å². The Bertz CT molecular complexity index is 646. The van der Waals surface area contributed by atoms with Crippen LogP contribution in [0.3, 0.4) is 0 Å². The van der Waals surface area contributed by atoms with E-state index in [9.17, 15) is 9.59 Å². The minimum absolute atomic E-state index is 0.0121. The van der Waals surface area contributed by atoms with Crippen LogP contribution >= 0.6 is 11.8 Å². The summed E-state index contributed by atoms with van der Waals surface area (Å²) < 4.78 is 11.8. The predicted octanol–water partition coefficient (Wildman–Crippen LogP) is 1.89. The lowest BCUT2D eigenvalue weighted by Gasteiger charge is -2.38.